The molecule has 10 heteroatoms. The summed E-state index contributed by atoms with van der Waals surface area (Å²) in [6.45, 7) is 3.80. The monoisotopic (exact) mass is 430 g/mol. The number of esters is 1. The minimum absolute atomic E-state index is 0.0171. The summed E-state index contributed by atoms with van der Waals surface area (Å²) in [4.78, 5) is 54.4. The highest BCUT2D eigenvalue weighted by Gasteiger charge is 2.37. The smallest absolute Gasteiger partial charge is 0.350 e. The summed E-state index contributed by atoms with van der Waals surface area (Å²) in [5.74, 6) is -1.19. The number of urea groups is 1. The van der Waals surface area contributed by atoms with E-state index in [0.717, 1.165) is 21.8 Å². The number of ether oxygens (including phenoxy) is 1. The second kappa shape index (κ2) is 9.49. The predicted molar refractivity (Wildman–Crippen MR) is 110 cm³/mol. The van der Waals surface area contributed by atoms with Gasteiger partial charge in [0.15, 0.2) is 5.13 Å². The second-order valence-electron chi connectivity index (χ2n) is 6.65. The first-order valence-electron chi connectivity index (χ1n) is 9.49. The topological polar surface area (TPSA) is 118 Å². The number of amides is 4. The summed E-state index contributed by atoms with van der Waals surface area (Å²) in [5.41, 5.74) is 1.32. The Morgan fingerprint density at radius 2 is 2.00 bits per heavy atom. The molecule has 1 aromatic carbocycles. The number of hydrogen-bond donors (Lipinski definition) is 2. The number of aromatic nitrogens is 1. The van der Waals surface area contributed by atoms with Gasteiger partial charge in [0.1, 0.15) is 10.9 Å². The highest BCUT2D eigenvalue weighted by atomic mass is 32.1. The van der Waals surface area contributed by atoms with E-state index in [1.165, 1.54) is 0 Å². The van der Waals surface area contributed by atoms with Gasteiger partial charge < -0.3 is 15.4 Å². The second-order valence-corrected chi connectivity index (χ2v) is 7.65. The first-order valence-corrected chi connectivity index (χ1v) is 10.3. The molecule has 2 aromatic rings. The van der Waals surface area contributed by atoms with E-state index in [4.69, 9.17) is 4.74 Å². The van der Waals surface area contributed by atoms with Crippen LogP contribution in [0.1, 0.15) is 40.7 Å². The van der Waals surface area contributed by atoms with Crippen molar-refractivity contribution in [2.75, 3.05) is 11.9 Å². The molecule has 0 saturated carbocycles. The Hall–Kier alpha value is -3.27. The van der Waals surface area contributed by atoms with E-state index in [-0.39, 0.29) is 42.9 Å². The van der Waals surface area contributed by atoms with Crippen LogP contribution in [0.25, 0.3) is 0 Å². The molecular formula is C20H22N4O5S. The fourth-order valence-corrected chi connectivity index (χ4v) is 3.86. The number of nitrogens with one attached hydrogen (secondary N) is 2. The molecule has 1 fully saturated rings. The van der Waals surface area contributed by atoms with Crippen LogP contribution in [0.15, 0.2) is 30.3 Å². The van der Waals surface area contributed by atoms with Gasteiger partial charge in [0.25, 0.3) is 5.91 Å². The van der Waals surface area contributed by atoms with Gasteiger partial charge in [-0.1, -0.05) is 41.7 Å². The Bertz CT molecular complexity index is 959. The third-order valence-electron chi connectivity index (χ3n) is 4.45. The molecule has 2 heterocycles. The zero-order valence-corrected chi connectivity index (χ0v) is 17.5. The van der Waals surface area contributed by atoms with Crippen LogP contribution in [0, 0.1) is 6.92 Å². The number of anilines is 1. The highest BCUT2D eigenvalue weighted by molar-refractivity contribution is 7.17. The lowest BCUT2D eigenvalue weighted by atomic mass is 10.1. The average Bonchev–Trinajstić information content (AvgIpc) is 3.21. The van der Waals surface area contributed by atoms with E-state index < -0.39 is 18.0 Å². The summed E-state index contributed by atoms with van der Waals surface area (Å²) >= 11 is 1.03. The van der Waals surface area contributed by atoms with Gasteiger partial charge in [-0.2, -0.15) is 0 Å². The third-order valence-corrected chi connectivity index (χ3v) is 5.51. The van der Waals surface area contributed by atoms with Crippen LogP contribution in [-0.4, -0.2) is 46.3 Å². The Morgan fingerprint density at radius 3 is 2.70 bits per heavy atom. The van der Waals surface area contributed by atoms with Gasteiger partial charge >= 0.3 is 12.0 Å². The largest absolute Gasteiger partial charge is 0.462 e. The number of thiazole rings is 1. The lowest BCUT2D eigenvalue weighted by Gasteiger charge is -2.13. The molecule has 3 rings (SSSR count). The van der Waals surface area contributed by atoms with Gasteiger partial charge in [0.05, 0.1) is 18.8 Å². The summed E-state index contributed by atoms with van der Waals surface area (Å²) in [5, 5.41) is 5.53. The number of hydrogen-bond acceptors (Lipinski definition) is 7. The van der Waals surface area contributed by atoms with Crippen LogP contribution in [0.5, 0.6) is 0 Å². The van der Waals surface area contributed by atoms with E-state index in [2.05, 4.69) is 15.6 Å². The van der Waals surface area contributed by atoms with E-state index >= 15 is 0 Å². The van der Waals surface area contributed by atoms with Gasteiger partial charge in [-0.3, -0.25) is 14.5 Å². The van der Waals surface area contributed by atoms with Crippen LogP contribution in [0.4, 0.5) is 9.93 Å². The number of benzene rings is 1. The van der Waals surface area contributed by atoms with Crippen LogP contribution < -0.4 is 10.6 Å². The number of aryl methyl sites for hydroxylation is 1. The minimum atomic E-state index is -0.750. The summed E-state index contributed by atoms with van der Waals surface area (Å²) in [6.07, 6.45) is 0.181. The maximum atomic E-state index is 12.5. The highest BCUT2D eigenvalue weighted by Crippen LogP contribution is 2.24. The summed E-state index contributed by atoms with van der Waals surface area (Å²) in [6, 6.07) is 7.98. The standard InChI is InChI=1S/C20H22N4O5S/c1-3-29-18(27)16-12(2)21-19(30-16)23-15(25)10-9-14-17(26)24(20(28)22-14)11-13-7-5-4-6-8-13/h4-8,14H,3,9-11H2,1-2H3,(H,22,28)(H,21,23,25). The van der Waals surface area contributed by atoms with Crippen LogP contribution >= 0.6 is 11.3 Å². The maximum absolute atomic E-state index is 12.5. The molecular weight excluding hydrogens is 408 g/mol. The molecule has 0 spiro atoms. The lowest BCUT2D eigenvalue weighted by molar-refractivity contribution is -0.128. The zero-order chi connectivity index (χ0) is 21.7. The number of rotatable bonds is 8. The Kier molecular flexibility index (Phi) is 6.78. The van der Waals surface area contributed by atoms with E-state index in [1.807, 2.05) is 30.3 Å². The molecule has 1 saturated heterocycles. The molecule has 4 amide bonds. The predicted octanol–water partition coefficient (Wildman–Crippen LogP) is 2.47. The zero-order valence-electron chi connectivity index (χ0n) is 16.6. The van der Waals surface area contributed by atoms with Crippen LogP contribution in [-0.2, 0) is 20.9 Å². The third kappa shape index (κ3) is 5.01. The molecule has 158 valence electrons. The lowest BCUT2D eigenvalue weighted by Crippen LogP contribution is -2.31. The SMILES string of the molecule is CCOC(=O)c1sc(NC(=O)CCC2NC(=O)N(Cc3ccccc3)C2=O)nc1C. The average molecular weight is 430 g/mol. The fraction of sp³-hybridized carbons (Fsp3) is 0.350. The van der Waals surface area contributed by atoms with Crippen molar-refractivity contribution in [1.82, 2.24) is 15.2 Å². The van der Waals surface area contributed by atoms with E-state index in [0.29, 0.717) is 10.6 Å². The summed E-state index contributed by atoms with van der Waals surface area (Å²) < 4.78 is 4.95. The van der Waals surface area contributed by atoms with Gasteiger partial charge in [0, 0.05) is 6.42 Å². The van der Waals surface area contributed by atoms with Crippen molar-refractivity contribution >= 4 is 40.3 Å². The molecule has 1 aromatic heterocycles. The van der Waals surface area contributed by atoms with Gasteiger partial charge in [-0.25, -0.2) is 14.6 Å². The first-order chi connectivity index (χ1) is 14.4. The van der Waals surface area contributed by atoms with Crippen molar-refractivity contribution in [3.8, 4) is 0 Å². The van der Waals surface area contributed by atoms with Gasteiger partial charge in [0.2, 0.25) is 5.91 Å². The molecule has 1 aliphatic rings. The number of carbonyl (C=O) groups is 4. The Morgan fingerprint density at radius 1 is 1.27 bits per heavy atom. The van der Waals surface area contributed by atoms with Gasteiger partial charge in [-0.05, 0) is 25.8 Å². The molecule has 0 aliphatic carbocycles. The van der Waals surface area contributed by atoms with Gasteiger partial charge in [-0.15, -0.1) is 0 Å². The maximum Gasteiger partial charge on any atom is 0.350 e. The Labute approximate surface area is 177 Å². The van der Waals surface area contributed by atoms with Crippen molar-refractivity contribution in [3.05, 3.63) is 46.5 Å². The molecule has 1 unspecified atom stereocenters. The van der Waals surface area contributed by atoms with Crippen LogP contribution in [0.3, 0.4) is 0 Å². The fourth-order valence-electron chi connectivity index (χ4n) is 2.98. The molecule has 0 radical (unpaired) electrons. The first kappa shape index (κ1) is 21.4. The normalized spacial score (nSPS) is 15.8. The van der Waals surface area contributed by atoms with Crippen molar-refractivity contribution in [3.63, 3.8) is 0 Å². The Balaban J connectivity index is 1.52. The molecule has 2 N–H and O–H groups in total. The number of nitrogens with zero attached hydrogens (tertiary/aromatic N) is 2. The molecule has 30 heavy (non-hydrogen) atoms. The number of carbonyl (C=O) groups excluding carboxylic acids is 4. The summed E-state index contributed by atoms with van der Waals surface area (Å²) in [7, 11) is 0. The van der Waals surface area contributed by atoms with E-state index in [9.17, 15) is 19.2 Å². The van der Waals surface area contributed by atoms with Crippen molar-refractivity contribution in [2.45, 2.75) is 39.3 Å². The molecule has 1 aliphatic heterocycles. The molecule has 1 atom stereocenters. The molecule has 9 nitrogen and oxygen atoms in total. The van der Waals surface area contributed by atoms with E-state index in [1.54, 1.807) is 13.8 Å². The minimum Gasteiger partial charge on any atom is -0.462 e. The number of imide groups is 1. The molecule has 0 bridgehead atoms. The van der Waals surface area contributed by atoms with Crippen LogP contribution in [0.2, 0.25) is 0 Å². The quantitative estimate of drug-likeness (QED) is 0.491. The van der Waals surface area contributed by atoms with Crippen molar-refractivity contribution < 1.29 is 23.9 Å². The van der Waals surface area contributed by atoms with Crippen molar-refractivity contribution in [2.24, 2.45) is 0 Å². The van der Waals surface area contributed by atoms with Crippen molar-refractivity contribution in [1.29, 1.82) is 0 Å².